The first kappa shape index (κ1) is 19.2. The van der Waals surface area contributed by atoms with E-state index in [2.05, 4.69) is 15.5 Å². The van der Waals surface area contributed by atoms with Crippen molar-refractivity contribution in [1.29, 1.82) is 0 Å². The van der Waals surface area contributed by atoms with Gasteiger partial charge >= 0.3 is 0 Å². The van der Waals surface area contributed by atoms with Crippen molar-refractivity contribution in [2.45, 2.75) is 45.1 Å². The van der Waals surface area contributed by atoms with Crippen LogP contribution in [0.3, 0.4) is 0 Å². The summed E-state index contributed by atoms with van der Waals surface area (Å²) >= 11 is 0. The van der Waals surface area contributed by atoms with Crippen molar-refractivity contribution >= 4 is 18.3 Å². The summed E-state index contributed by atoms with van der Waals surface area (Å²) in [4.78, 5) is 16.3. The molecule has 0 saturated carbocycles. The van der Waals surface area contributed by atoms with E-state index in [1.807, 2.05) is 13.8 Å². The molecule has 7 nitrogen and oxygen atoms in total. The minimum Gasteiger partial charge on any atom is -0.472 e. The molecule has 0 aliphatic heterocycles. The number of halogens is 1. The molecule has 8 heteroatoms. The summed E-state index contributed by atoms with van der Waals surface area (Å²) < 4.78 is 10.1. The van der Waals surface area contributed by atoms with Gasteiger partial charge in [-0.05, 0) is 18.9 Å². The number of furan rings is 1. The molecule has 0 unspecified atom stereocenters. The fraction of sp³-hybridized carbons (Fsp3) is 0.533. The maximum Gasteiger partial charge on any atom is 0.227 e. The van der Waals surface area contributed by atoms with Crippen LogP contribution >= 0.6 is 12.4 Å². The Morgan fingerprint density at radius 3 is 2.70 bits per heavy atom. The number of hydrogen-bond acceptors (Lipinski definition) is 6. The Balaban J connectivity index is 0.00000264. The molecule has 2 aromatic rings. The van der Waals surface area contributed by atoms with Crippen molar-refractivity contribution in [2.75, 3.05) is 6.54 Å². The Labute approximate surface area is 141 Å². The minimum absolute atomic E-state index is 0. The zero-order valence-corrected chi connectivity index (χ0v) is 14.2. The van der Waals surface area contributed by atoms with Crippen molar-refractivity contribution in [3.63, 3.8) is 0 Å². The molecule has 23 heavy (non-hydrogen) atoms. The van der Waals surface area contributed by atoms with Gasteiger partial charge in [-0.2, -0.15) is 4.98 Å². The normalized spacial score (nSPS) is 11.1. The van der Waals surface area contributed by atoms with Gasteiger partial charge in [0.2, 0.25) is 17.6 Å². The molecule has 0 aromatic carbocycles. The summed E-state index contributed by atoms with van der Waals surface area (Å²) in [7, 11) is 0. The Morgan fingerprint density at radius 1 is 1.39 bits per heavy atom. The van der Waals surface area contributed by atoms with Crippen molar-refractivity contribution in [3.05, 3.63) is 24.5 Å². The molecular formula is C15H23ClN4O3. The molecule has 0 aliphatic carbocycles. The molecule has 1 amide bonds. The van der Waals surface area contributed by atoms with E-state index in [9.17, 15) is 4.79 Å². The largest absolute Gasteiger partial charge is 0.472 e. The number of hydrogen-bond donors (Lipinski definition) is 2. The fourth-order valence-electron chi connectivity index (χ4n) is 2.21. The smallest absolute Gasteiger partial charge is 0.227 e. The molecule has 0 saturated heterocycles. The summed E-state index contributed by atoms with van der Waals surface area (Å²) in [6.07, 6.45) is 5.37. The third kappa shape index (κ3) is 4.80. The van der Waals surface area contributed by atoms with E-state index in [1.165, 1.54) is 0 Å². The molecule has 2 heterocycles. The summed E-state index contributed by atoms with van der Waals surface area (Å²) in [6, 6.07) is 1.75. The first-order valence-corrected chi connectivity index (χ1v) is 7.48. The fourth-order valence-corrected chi connectivity index (χ4v) is 2.21. The standard InChI is InChI=1S/C15H22N4O3.ClH/c1-3-15(4-2,10-16)18-12(20)5-6-13-17-14(19-22-13)11-7-8-21-9-11;/h7-9H,3-6,10,16H2,1-2H3,(H,18,20);1H. The SMILES string of the molecule is CCC(CC)(CN)NC(=O)CCc1nc(-c2ccoc2)no1.Cl. The van der Waals surface area contributed by atoms with Crippen LogP contribution in [0.15, 0.2) is 27.5 Å². The molecule has 128 valence electrons. The van der Waals surface area contributed by atoms with Gasteiger partial charge in [0.15, 0.2) is 0 Å². The van der Waals surface area contributed by atoms with Crippen molar-refractivity contribution in [1.82, 2.24) is 15.5 Å². The monoisotopic (exact) mass is 342 g/mol. The van der Waals surface area contributed by atoms with Crippen LogP contribution in [0.2, 0.25) is 0 Å². The first-order chi connectivity index (χ1) is 10.6. The highest BCUT2D eigenvalue weighted by Gasteiger charge is 2.26. The topological polar surface area (TPSA) is 107 Å². The second-order valence-electron chi connectivity index (χ2n) is 5.26. The average Bonchev–Trinajstić information content (AvgIpc) is 3.21. The lowest BCUT2D eigenvalue weighted by molar-refractivity contribution is -0.123. The van der Waals surface area contributed by atoms with E-state index >= 15 is 0 Å². The van der Waals surface area contributed by atoms with E-state index in [-0.39, 0.29) is 30.3 Å². The van der Waals surface area contributed by atoms with Crippen molar-refractivity contribution < 1.29 is 13.7 Å². The zero-order chi connectivity index (χ0) is 16.0. The van der Waals surface area contributed by atoms with Crippen LogP contribution in [0.5, 0.6) is 0 Å². The molecule has 0 spiro atoms. The molecule has 0 aliphatic rings. The van der Waals surface area contributed by atoms with E-state index in [4.69, 9.17) is 14.7 Å². The lowest BCUT2D eigenvalue weighted by Crippen LogP contribution is -2.52. The summed E-state index contributed by atoms with van der Waals surface area (Å²) in [5, 5.41) is 6.88. The predicted molar refractivity (Wildman–Crippen MR) is 88.1 cm³/mol. The average molecular weight is 343 g/mol. The number of carbonyl (C=O) groups is 1. The first-order valence-electron chi connectivity index (χ1n) is 7.48. The molecule has 2 rings (SSSR count). The number of nitrogens with one attached hydrogen (secondary N) is 1. The predicted octanol–water partition coefficient (Wildman–Crippen LogP) is 2.32. The van der Waals surface area contributed by atoms with Gasteiger partial charge in [0.1, 0.15) is 6.26 Å². The molecule has 0 radical (unpaired) electrons. The molecule has 3 N–H and O–H groups in total. The highest BCUT2D eigenvalue weighted by molar-refractivity contribution is 5.85. The van der Waals surface area contributed by atoms with E-state index in [0.717, 1.165) is 18.4 Å². The maximum atomic E-state index is 12.1. The maximum absolute atomic E-state index is 12.1. The molecule has 0 bridgehead atoms. The number of carbonyl (C=O) groups excluding carboxylic acids is 1. The van der Waals surface area contributed by atoms with Crippen LogP contribution in [0.25, 0.3) is 11.4 Å². The molecule has 0 atom stereocenters. The number of nitrogens with two attached hydrogens (primary N) is 1. The highest BCUT2D eigenvalue weighted by Crippen LogP contribution is 2.17. The van der Waals surface area contributed by atoms with Gasteiger partial charge in [-0.25, -0.2) is 0 Å². The molecular weight excluding hydrogens is 320 g/mol. The summed E-state index contributed by atoms with van der Waals surface area (Å²) in [5.74, 6) is 0.831. The second kappa shape index (κ2) is 8.69. The van der Waals surface area contributed by atoms with Gasteiger partial charge in [-0.1, -0.05) is 19.0 Å². The number of aromatic nitrogens is 2. The Bertz CT molecular complexity index is 585. The van der Waals surface area contributed by atoms with Crippen molar-refractivity contribution in [3.8, 4) is 11.4 Å². The third-order valence-corrected chi connectivity index (χ3v) is 3.96. The van der Waals surface area contributed by atoms with Crippen LogP contribution in [-0.4, -0.2) is 28.1 Å². The number of rotatable bonds is 8. The van der Waals surface area contributed by atoms with E-state index < -0.39 is 0 Å². The van der Waals surface area contributed by atoms with Crippen molar-refractivity contribution in [2.24, 2.45) is 5.73 Å². The molecule has 2 aromatic heterocycles. The number of nitrogens with zero attached hydrogens (tertiary/aromatic N) is 2. The number of amides is 1. The van der Waals surface area contributed by atoms with Gasteiger partial charge in [-0.15, -0.1) is 12.4 Å². The van der Waals surface area contributed by atoms with Crippen LogP contribution in [0, 0.1) is 0 Å². The highest BCUT2D eigenvalue weighted by atomic mass is 35.5. The van der Waals surface area contributed by atoms with Gasteiger partial charge in [-0.3, -0.25) is 4.79 Å². The Hall–Kier alpha value is -1.86. The van der Waals surface area contributed by atoms with E-state index in [0.29, 0.717) is 24.7 Å². The lowest BCUT2D eigenvalue weighted by atomic mass is 9.92. The van der Waals surface area contributed by atoms with Crippen LogP contribution in [0.1, 0.15) is 39.0 Å². The molecule has 0 fully saturated rings. The van der Waals surface area contributed by atoms with E-state index in [1.54, 1.807) is 18.6 Å². The van der Waals surface area contributed by atoms with Gasteiger partial charge < -0.3 is 20.0 Å². The summed E-state index contributed by atoms with van der Waals surface area (Å²) in [6.45, 7) is 4.47. The third-order valence-electron chi connectivity index (χ3n) is 3.96. The zero-order valence-electron chi connectivity index (χ0n) is 13.4. The minimum atomic E-state index is -0.326. The van der Waals surface area contributed by atoms with Crippen LogP contribution in [-0.2, 0) is 11.2 Å². The van der Waals surface area contributed by atoms with Crippen LogP contribution < -0.4 is 11.1 Å². The van der Waals surface area contributed by atoms with Gasteiger partial charge in [0, 0.05) is 19.4 Å². The quantitative estimate of drug-likeness (QED) is 0.762. The van der Waals surface area contributed by atoms with Gasteiger partial charge in [0.05, 0.1) is 17.4 Å². The van der Waals surface area contributed by atoms with Crippen LogP contribution in [0.4, 0.5) is 0 Å². The van der Waals surface area contributed by atoms with Gasteiger partial charge in [0.25, 0.3) is 0 Å². The Morgan fingerprint density at radius 2 is 2.13 bits per heavy atom. The second-order valence-corrected chi connectivity index (χ2v) is 5.26. The lowest BCUT2D eigenvalue weighted by Gasteiger charge is -2.31. The number of aryl methyl sites for hydroxylation is 1. The Kier molecular flexibility index (Phi) is 7.25. The summed E-state index contributed by atoms with van der Waals surface area (Å²) in [5.41, 5.74) is 6.20.